The summed E-state index contributed by atoms with van der Waals surface area (Å²) < 4.78 is 37.4. The molecule has 0 aliphatic heterocycles. The van der Waals surface area contributed by atoms with E-state index in [0.717, 1.165) is 6.07 Å². The van der Waals surface area contributed by atoms with E-state index in [9.17, 15) is 18.4 Å². The predicted octanol–water partition coefficient (Wildman–Crippen LogP) is 3.39. The maximum atomic E-state index is 13.8. The Hall–Kier alpha value is -2.87. The largest absolute Gasteiger partial charge is 0.455 e. The van der Waals surface area contributed by atoms with E-state index in [0.29, 0.717) is 11.8 Å². The monoisotopic (exact) mass is 354 g/mol. The number of furan rings is 2. The van der Waals surface area contributed by atoms with E-state index in [1.807, 2.05) is 0 Å². The standard InChI is InChI=1S/C15H9ClF2N2O4/c16-5-7-1-2-10(23-7)15(22)20-11-8-3-6(17)4-9(18)12(8)24-13(11)14(19)21/h1-4H,5H2,(H2,19,21)(H,20,22). The Bertz CT molecular complexity index is 964. The maximum absolute atomic E-state index is 13.8. The third-order valence-corrected chi connectivity index (χ3v) is 3.45. The SMILES string of the molecule is NC(=O)c1oc2c(F)cc(F)cc2c1NC(=O)c1ccc(CCl)o1. The van der Waals surface area contributed by atoms with E-state index in [4.69, 9.17) is 26.2 Å². The van der Waals surface area contributed by atoms with Crippen LogP contribution in [0.2, 0.25) is 0 Å². The molecule has 9 heteroatoms. The van der Waals surface area contributed by atoms with Gasteiger partial charge in [0.15, 0.2) is 17.2 Å². The Labute approximate surface area is 138 Å². The number of carbonyl (C=O) groups excluding carboxylic acids is 2. The Morgan fingerprint density at radius 1 is 1.21 bits per heavy atom. The molecular formula is C15H9ClF2N2O4. The minimum atomic E-state index is -1.05. The molecule has 3 rings (SSSR count). The van der Waals surface area contributed by atoms with Crippen LogP contribution in [0.5, 0.6) is 0 Å². The molecule has 0 fully saturated rings. The molecule has 0 unspecified atom stereocenters. The average molecular weight is 355 g/mol. The molecular weight excluding hydrogens is 346 g/mol. The van der Waals surface area contributed by atoms with Crippen LogP contribution in [-0.2, 0) is 5.88 Å². The van der Waals surface area contributed by atoms with Gasteiger partial charge in [0.05, 0.1) is 11.3 Å². The van der Waals surface area contributed by atoms with Crippen molar-refractivity contribution in [1.29, 1.82) is 0 Å². The molecule has 3 aromatic rings. The van der Waals surface area contributed by atoms with Crippen molar-refractivity contribution in [2.75, 3.05) is 5.32 Å². The first-order valence-electron chi connectivity index (χ1n) is 6.58. The van der Waals surface area contributed by atoms with E-state index >= 15 is 0 Å². The molecule has 0 atom stereocenters. The molecule has 0 radical (unpaired) electrons. The fourth-order valence-electron chi connectivity index (χ4n) is 2.17. The third kappa shape index (κ3) is 2.71. The van der Waals surface area contributed by atoms with Crippen LogP contribution in [0.1, 0.15) is 26.9 Å². The minimum absolute atomic E-state index is 0.0604. The summed E-state index contributed by atoms with van der Waals surface area (Å²) in [5.74, 6) is -3.95. The van der Waals surface area contributed by atoms with Crippen LogP contribution in [-0.4, -0.2) is 11.8 Å². The zero-order valence-corrected chi connectivity index (χ0v) is 12.6. The van der Waals surface area contributed by atoms with Crippen molar-refractivity contribution in [2.24, 2.45) is 5.73 Å². The Kier molecular flexibility index (Phi) is 3.98. The number of anilines is 1. The van der Waals surface area contributed by atoms with Crippen LogP contribution >= 0.6 is 11.6 Å². The van der Waals surface area contributed by atoms with Crippen molar-refractivity contribution >= 4 is 40.1 Å². The smallest absolute Gasteiger partial charge is 0.291 e. The maximum Gasteiger partial charge on any atom is 0.291 e. The van der Waals surface area contributed by atoms with E-state index in [-0.39, 0.29) is 22.7 Å². The van der Waals surface area contributed by atoms with Gasteiger partial charge in [-0.1, -0.05) is 0 Å². The predicted molar refractivity (Wildman–Crippen MR) is 80.9 cm³/mol. The number of nitrogens with one attached hydrogen (secondary N) is 1. The lowest BCUT2D eigenvalue weighted by Gasteiger charge is -2.03. The number of alkyl halides is 1. The number of hydrogen-bond donors (Lipinski definition) is 2. The van der Waals surface area contributed by atoms with Gasteiger partial charge in [-0.05, 0) is 18.2 Å². The summed E-state index contributed by atoms with van der Waals surface area (Å²) >= 11 is 5.58. The number of fused-ring (bicyclic) bond motifs is 1. The number of primary amides is 1. The summed E-state index contributed by atoms with van der Waals surface area (Å²) in [5, 5.41) is 2.18. The molecule has 124 valence electrons. The van der Waals surface area contributed by atoms with Gasteiger partial charge >= 0.3 is 0 Å². The second-order valence-corrected chi connectivity index (χ2v) is 5.06. The van der Waals surface area contributed by atoms with Gasteiger partial charge < -0.3 is 19.9 Å². The number of carbonyl (C=O) groups is 2. The van der Waals surface area contributed by atoms with Crippen LogP contribution in [0.3, 0.4) is 0 Å². The lowest BCUT2D eigenvalue weighted by Crippen LogP contribution is -2.16. The molecule has 6 nitrogen and oxygen atoms in total. The van der Waals surface area contributed by atoms with Crippen LogP contribution in [0, 0.1) is 11.6 Å². The first-order chi connectivity index (χ1) is 11.4. The summed E-state index contributed by atoms with van der Waals surface area (Å²) in [6.45, 7) is 0. The van der Waals surface area contributed by atoms with Crippen LogP contribution < -0.4 is 11.1 Å². The van der Waals surface area contributed by atoms with Crippen molar-refractivity contribution in [3.05, 3.63) is 53.2 Å². The molecule has 0 aliphatic rings. The Balaban J connectivity index is 2.08. The summed E-state index contributed by atoms with van der Waals surface area (Å²) in [6.07, 6.45) is 0. The van der Waals surface area contributed by atoms with Gasteiger partial charge in [0.25, 0.3) is 11.8 Å². The normalized spacial score (nSPS) is 11.0. The molecule has 2 heterocycles. The molecule has 0 aliphatic carbocycles. The van der Waals surface area contributed by atoms with E-state index < -0.39 is 34.8 Å². The number of nitrogens with two attached hydrogens (primary N) is 1. The average Bonchev–Trinajstić information content (AvgIpc) is 3.12. The number of amides is 2. The van der Waals surface area contributed by atoms with Crippen molar-refractivity contribution in [3.8, 4) is 0 Å². The number of benzene rings is 1. The Morgan fingerprint density at radius 2 is 1.96 bits per heavy atom. The van der Waals surface area contributed by atoms with Crippen molar-refractivity contribution in [2.45, 2.75) is 5.88 Å². The number of halogens is 3. The first kappa shape index (κ1) is 16.0. The van der Waals surface area contributed by atoms with E-state index in [2.05, 4.69) is 5.32 Å². The molecule has 0 spiro atoms. The van der Waals surface area contributed by atoms with Crippen LogP contribution in [0.15, 0.2) is 33.1 Å². The zero-order valence-electron chi connectivity index (χ0n) is 11.9. The van der Waals surface area contributed by atoms with Crippen molar-refractivity contribution in [3.63, 3.8) is 0 Å². The lowest BCUT2D eigenvalue weighted by atomic mass is 10.2. The highest BCUT2D eigenvalue weighted by Gasteiger charge is 2.24. The van der Waals surface area contributed by atoms with Gasteiger partial charge in [-0.25, -0.2) is 8.78 Å². The molecule has 0 saturated heterocycles. The van der Waals surface area contributed by atoms with Gasteiger partial charge in [0.2, 0.25) is 5.76 Å². The highest BCUT2D eigenvalue weighted by molar-refractivity contribution is 6.17. The zero-order chi connectivity index (χ0) is 17.4. The van der Waals surface area contributed by atoms with Crippen molar-refractivity contribution in [1.82, 2.24) is 0 Å². The first-order valence-corrected chi connectivity index (χ1v) is 7.11. The van der Waals surface area contributed by atoms with Gasteiger partial charge in [-0.2, -0.15) is 0 Å². The molecule has 2 aromatic heterocycles. The molecule has 0 bridgehead atoms. The number of hydrogen-bond acceptors (Lipinski definition) is 4. The fraction of sp³-hybridized carbons (Fsp3) is 0.0667. The Morgan fingerprint density at radius 3 is 2.58 bits per heavy atom. The molecule has 24 heavy (non-hydrogen) atoms. The summed E-state index contributed by atoms with van der Waals surface area (Å²) in [4.78, 5) is 23.7. The van der Waals surface area contributed by atoms with Gasteiger partial charge in [-0.3, -0.25) is 9.59 Å². The minimum Gasteiger partial charge on any atom is -0.455 e. The summed E-state index contributed by atoms with van der Waals surface area (Å²) in [5.41, 5.74) is 4.52. The van der Waals surface area contributed by atoms with Gasteiger partial charge in [0, 0.05) is 6.07 Å². The molecule has 0 saturated carbocycles. The van der Waals surface area contributed by atoms with Crippen LogP contribution in [0.25, 0.3) is 11.0 Å². The highest BCUT2D eigenvalue weighted by Crippen LogP contribution is 2.33. The van der Waals surface area contributed by atoms with E-state index in [1.54, 1.807) is 0 Å². The number of rotatable bonds is 4. The second-order valence-electron chi connectivity index (χ2n) is 4.79. The van der Waals surface area contributed by atoms with Crippen molar-refractivity contribution < 1.29 is 27.2 Å². The molecule has 3 N–H and O–H groups in total. The lowest BCUT2D eigenvalue weighted by molar-refractivity contribution is 0.0977. The third-order valence-electron chi connectivity index (χ3n) is 3.19. The molecule has 1 aromatic carbocycles. The molecule has 2 amide bonds. The topological polar surface area (TPSA) is 98.5 Å². The van der Waals surface area contributed by atoms with Gasteiger partial charge in [-0.15, -0.1) is 11.6 Å². The fourth-order valence-corrected chi connectivity index (χ4v) is 2.31. The van der Waals surface area contributed by atoms with Gasteiger partial charge in [0.1, 0.15) is 17.3 Å². The summed E-state index contributed by atoms with van der Waals surface area (Å²) in [7, 11) is 0. The quantitative estimate of drug-likeness (QED) is 0.701. The second kappa shape index (κ2) is 5.97. The summed E-state index contributed by atoms with van der Waals surface area (Å²) in [6, 6.07) is 4.35. The highest BCUT2D eigenvalue weighted by atomic mass is 35.5. The van der Waals surface area contributed by atoms with Crippen LogP contribution in [0.4, 0.5) is 14.5 Å². The van der Waals surface area contributed by atoms with E-state index in [1.165, 1.54) is 12.1 Å².